The normalized spacial score (nSPS) is 12.6. The average Bonchev–Trinajstić information content (AvgIpc) is 2.76. The van der Waals surface area contributed by atoms with Gasteiger partial charge < -0.3 is 9.84 Å². The van der Waals surface area contributed by atoms with E-state index in [9.17, 15) is 5.11 Å². The second kappa shape index (κ2) is 7.07. The lowest BCUT2D eigenvalue weighted by atomic mass is 10.0. The molecule has 4 nitrogen and oxygen atoms in total. The van der Waals surface area contributed by atoms with Crippen LogP contribution in [0.5, 0.6) is 0 Å². The summed E-state index contributed by atoms with van der Waals surface area (Å²) < 4.78 is 6.93. The molecule has 0 spiro atoms. The molecular weight excluding hydrogens is 288 g/mol. The maximum atomic E-state index is 10.4. The third-order valence-corrected chi connectivity index (χ3v) is 4.01. The van der Waals surface area contributed by atoms with E-state index in [1.54, 1.807) is 7.11 Å². The minimum Gasteiger partial charge on any atom is -0.388 e. The highest BCUT2D eigenvalue weighted by Crippen LogP contribution is 2.26. The Morgan fingerprint density at radius 1 is 1.33 bits per heavy atom. The molecule has 0 amide bonds. The van der Waals surface area contributed by atoms with Crippen LogP contribution in [0.1, 0.15) is 35.5 Å². The zero-order valence-electron chi connectivity index (χ0n) is 12.6. The molecule has 2 rings (SSSR count). The first kappa shape index (κ1) is 16.0. The van der Waals surface area contributed by atoms with Crippen molar-refractivity contribution >= 4 is 11.6 Å². The standard InChI is InChI=1S/C16H21ClN2O2/c1-4-19-14(16(17)11(2)18-19)9-15(20)13-7-5-12(6-8-13)10-21-3/h5-8,15,20H,4,9-10H2,1-3H3. The van der Waals surface area contributed by atoms with Crippen molar-refractivity contribution in [3.63, 3.8) is 0 Å². The molecule has 0 bridgehead atoms. The second-order valence-corrected chi connectivity index (χ2v) is 5.43. The number of aliphatic hydroxyl groups excluding tert-OH is 1. The average molecular weight is 309 g/mol. The topological polar surface area (TPSA) is 47.3 Å². The number of nitrogens with zero attached hydrogens (tertiary/aromatic N) is 2. The summed E-state index contributed by atoms with van der Waals surface area (Å²) in [6.45, 7) is 5.20. The number of halogens is 1. The Morgan fingerprint density at radius 2 is 2.00 bits per heavy atom. The van der Waals surface area contributed by atoms with Crippen molar-refractivity contribution in [3.8, 4) is 0 Å². The molecule has 1 unspecified atom stereocenters. The number of benzene rings is 1. The van der Waals surface area contributed by atoms with E-state index in [4.69, 9.17) is 16.3 Å². The van der Waals surface area contributed by atoms with Gasteiger partial charge in [0.2, 0.25) is 0 Å². The predicted molar refractivity (Wildman–Crippen MR) is 83.5 cm³/mol. The van der Waals surface area contributed by atoms with E-state index in [0.29, 0.717) is 18.1 Å². The van der Waals surface area contributed by atoms with Gasteiger partial charge >= 0.3 is 0 Å². The van der Waals surface area contributed by atoms with Crippen LogP contribution in [0.3, 0.4) is 0 Å². The van der Waals surface area contributed by atoms with Gasteiger partial charge in [-0.15, -0.1) is 0 Å². The number of aliphatic hydroxyl groups is 1. The molecule has 114 valence electrons. The molecule has 0 saturated heterocycles. The number of methoxy groups -OCH3 is 1. The molecule has 1 aromatic carbocycles. The molecule has 0 saturated carbocycles. The monoisotopic (exact) mass is 308 g/mol. The predicted octanol–water partition coefficient (Wildman–Crippen LogP) is 3.29. The van der Waals surface area contributed by atoms with Gasteiger partial charge in [-0.25, -0.2) is 0 Å². The Balaban J connectivity index is 2.15. The number of ether oxygens (including phenoxy) is 1. The Labute approximate surface area is 130 Å². The third-order valence-electron chi connectivity index (χ3n) is 3.52. The molecular formula is C16H21ClN2O2. The van der Waals surface area contributed by atoms with Crippen LogP contribution in [0.4, 0.5) is 0 Å². The first-order chi connectivity index (χ1) is 10.1. The quantitative estimate of drug-likeness (QED) is 0.891. The van der Waals surface area contributed by atoms with Gasteiger partial charge in [0.05, 0.1) is 29.1 Å². The summed E-state index contributed by atoms with van der Waals surface area (Å²) in [7, 11) is 1.67. The zero-order chi connectivity index (χ0) is 15.4. The summed E-state index contributed by atoms with van der Waals surface area (Å²) in [5.74, 6) is 0. The Kier molecular flexibility index (Phi) is 5.39. The van der Waals surface area contributed by atoms with E-state index in [1.807, 2.05) is 42.8 Å². The number of aromatic nitrogens is 2. The van der Waals surface area contributed by atoms with Crippen LogP contribution < -0.4 is 0 Å². The molecule has 1 atom stereocenters. The van der Waals surface area contributed by atoms with E-state index < -0.39 is 6.10 Å². The van der Waals surface area contributed by atoms with E-state index in [2.05, 4.69) is 5.10 Å². The van der Waals surface area contributed by atoms with Crippen LogP contribution in [-0.4, -0.2) is 22.0 Å². The third kappa shape index (κ3) is 3.64. The first-order valence-electron chi connectivity index (χ1n) is 7.04. The molecule has 1 aromatic heterocycles. The van der Waals surface area contributed by atoms with Gasteiger partial charge in [0.1, 0.15) is 0 Å². The summed E-state index contributed by atoms with van der Waals surface area (Å²) in [6, 6.07) is 7.77. The maximum absolute atomic E-state index is 10.4. The van der Waals surface area contributed by atoms with Crippen LogP contribution in [0.2, 0.25) is 5.02 Å². The van der Waals surface area contributed by atoms with Crippen molar-refractivity contribution in [2.75, 3.05) is 7.11 Å². The number of hydrogen-bond acceptors (Lipinski definition) is 3. The van der Waals surface area contributed by atoms with Crippen molar-refractivity contribution in [2.24, 2.45) is 0 Å². The van der Waals surface area contributed by atoms with Gasteiger partial charge in [0.25, 0.3) is 0 Å². The largest absolute Gasteiger partial charge is 0.388 e. The van der Waals surface area contributed by atoms with Crippen molar-refractivity contribution in [2.45, 2.75) is 39.5 Å². The van der Waals surface area contributed by atoms with E-state index in [0.717, 1.165) is 29.1 Å². The lowest BCUT2D eigenvalue weighted by Gasteiger charge is -2.13. The molecule has 0 radical (unpaired) electrons. The molecule has 21 heavy (non-hydrogen) atoms. The molecule has 0 fully saturated rings. The summed E-state index contributed by atoms with van der Waals surface area (Å²) in [5.41, 5.74) is 3.63. The fraction of sp³-hybridized carbons (Fsp3) is 0.438. The van der Waals surface area contributed by atoms with Crippen LogP contribution in [0.25, 0.3) is 0 Å². The fourth-order valence-electron chi connectivity index (χ4n) is 2.37. The van der Waals surface area contributed by atoms with Gasteiger partial charge in [0.15, 0.2) is 0 Å². The van der Waals surface area contributed by atoms with Crippen molar-refractivity contribution < 1.29 is 9.84 Å². The van der Waals surface area contributed by atoms with Gasteiger partial charge in [-0.05, 0) is 25.0 Å². The summed E-state index contributed by atoms with van der Waals surface area (Å²) in [6.07, 6.45) is -0.141. The molecule has 1 heterocycles. The smallest absolute Gasteiger partial charge is 0.0848 e. The molecule has 1 N–H and O–H groups in total. The van der Waals surface area contributed by atoms with Gasteiger partial charge in [-0.1, -0.05) is 35.9 Å². The summed E-state index contributed by atoms with van der Waals surface area (Å²) in [5, 5.41) is 15.4. The summed E-state index contributed by atoms with van der Waals surface area (Å²) in [4.78, 5) is 0. The number of hydrogen-bond donors (Lipinski definition) is 1. The van der Waals surface area contributed by atoms with Crippen LogP contribution in [-0.2, 0) is 24.3 Å². The minimum absolute atomic E-state index is 0.455. The molecule has 0 aliphatic rings. The van der Waals surface area contributed by atoms with E-state index in [-0.39, 0.29) is 0 Å². The van der Waals surface area contributed by atoms with Crippen molar-refractivity contribution in [3.05, 3.63) is 51.8 Å². The van der Waals surface area contributed by atoms with Crippen molar-refractivity contribution in [1.29, 1.82) is 0 Å². The molecule has 0 aliphatic carbocycles. The number of rotatable bonds is 6. The lowest BCUT2D eigenvalue weighted by Crippen LogP contribution is -2.09. The van der Waals surface area contributed by atoms with Crippen molar-refractivity contribution in [1.82, 2.24) is 9.78 Å². The van der Waals surface area contributed by atoms with Crippen LogP contribution >= 0.6 is 11.6 Å². The lowest BCUT2D eigenvalue weighted by molar-refractivity contribution is 0.174. The van der Waals surface area contributed by atoms with Crippen LogP contribution in [0, 0.1) is 6.92 Å². The number of aryl methyl sites for hydroxylation is 2. The minimum atomic E-state index is -0.597. The Bertz CT molecular complexity index is 593. The van der Waals surface area contributed by atoms with Gasteiger partial charge in [-0.2, -0.15) is 5.10 Å². The van der Waals surface area contributed by atoms with Gasteiger partial charge in [0, 0.05) is 20.1 Å². The molecule has 0 aliphatic heterocycles. The Hall–Kier alpha value is -1.36. The fourth-order valence-corrected chi connectivity index (χ4v) is 2.58. The molecule has 2 aromatic rings. The van der Waals surface area contributed by atoms with E-state index in [1.165, 1.54) is 0 Å². The van der Waals surface area contributed by atoms with Gasteiger partial charge in [-0.3, -0.25) is 4.68 Å². The highest BCUT2D eigenvalue weighted by Gasteiger charge is 2.17. The Morgan fingerprint density at radius 3 is 2.57 bits per heavy atom. The highest BCUT2D eigenvalue weighted by atomic mass is 35.5. The summed E-state index contributed by atoms with van der Waals surface area (Å²) >= 11 is 6.28. The SMILES string of the molecule is CCn1nc(C)c(Cl)c1CC(O)c1ccc(COC)cc1. The zero-order valence-corrected chi connectivity index (χ0v) is 13.4. The maximum Gasteiger partial charge on any atom is 0.0848 e. The second-order valence-electron chi connectivity index (χ2n) is 5.06. The first-order valence-corrected chi connectivity index (χ1v) is 7.42. The van der Waals surface area contributed by atoms with E-state index >= 15 is 0 Å². The molecule has 5 heteroatoms. The van der Waals surface area contributed by atoms with Crippen LogP contribution in [0.15, 0.2) is 24.3 Å². The highest BCUT2D eigenvalue weighted by molar-refractivity contribution is 6.31.